The first-order chi connectivity index (χ1) is 14.4. The van der Waals surface area contributed by atoms with Crippen molar-refractivity contribution in [3.63, 3.8) is 0 Å². The number of nitrogens with one attached hydrogen (secondary N) is 1. The minimum absolute atomic E-state index is 0.236. The smallest absolute Gasteiger partial charge is 0.326 e. The second kappa shape index (κ2) is 7.86. The summed E-state index contributed by atoms with van der Waals surface area (Å²) in [6.07, 6.45) is -1.12. The van der Waals surface area contributed by atoms with E-state index < -0.39 is 36.2 Å². The van der Waals surface area contributed by atoms with E-state index in [9.17, 15) is 19.2 Å². The molecule has 154 valence electrons. The molecule has 0 unspecified atom stereocenters. The molecule has 2 aliphatic heterocycles. The number of Topliss-reactive ketones (excluding diaryl/α,β-unsaturated/α-hetero) is 1. The fourth-order valence-corrected chi connectivity index (χ4v) is 3.19. The van der Waals surface area contributed by atoms with Crippen LogP contribution in [0.1, 0.15) is 17.3 Å². The molecule has 1 atom stereocenters. The summed E-state index contributed by atoms with van der Waals surface area (Å²) in [7, 11) is 0. The van der Waals surface area contributed by atoms with Gasteiger partial charge in [-0.15, -0.1) is 0 Å². The van der Waals surface area contributed by atoms with Gasteiger partial charge in [-0.05, 0) is 31.2 Å². The van der Waals surface area contributed by atoms with Crippen molar-refractivity contribution in [1.29, 1.82) is 0 Å². The number of rotatable bonds is 5. The Morgan fingerprint density at radius 2 is 1.83 bits per heavy atom. The Morgan fingerprint density at radius 1 is 1.10 bits per heavy atom. The first-order valence-corrected chi connectivity index (χ1v) is 9.29. The van der Waals surface area contributed by atoms with Crippen molar-refractivity contribution in [3.8, 4) is 11.5 Å². The van der Waals surface area contributed by atoms with E-state index in [4.69, 9.17) is 14.2 Å². The van der Waals surface area contributed by atoms with Crippen molar-refractivity contribution in [1.82, 2.24) is 0 Å². The molecule has 0 aromatic heterocycles. The Hall–Kier alpha value is -3.88. The average molecular weight is 410 g/mol. The van der Waals surface area contributed by atoms with Gasteiger partial charge in [0.1, 0.15) is 19.8 Å². The molecule has 30 heavy (non-hydrogen) atoms. The van der Waals surface area contributed by atoms with Gasteiger partial charge in [-0.25, -0.2) is 0 Å². The predicted molar refractivity (Wildman–Crippen MR) is 105 cm³/mol. The predicted octanol–water partition coefficient (Wildman–Crippen LogP) is 1.56. The van der Waals surface area contributed by atoms with E-state index in [1.54, 1.807) is 36.4 Å². The molecule has 0 saturated heterocycles. The summed E-state index contributed by atoms with van der Waals surface area (Å²) < 4.78 is 16.0. The van der Waals surface area contributed by atoms with Crippen LogP contribution in [0.5, 0.6) is 11.5 Å². The summed E-state index contributed by atoms with van der Waals surface area (Å²) >= 11 is 0. The fraction of sp³-hybridized carbons (Fsp3) is 0.238. The molecule has 0 radical (unpaired) electrons. The molecule has 2 aromatic carbocycles. The number of nitrogens with zero attached hydrogens (tertiary/aromatic N) is 1. The van der Waals surface area contributed by atoms with Gasteiger partial charge in [0.15, 0.2) is 17.6 Å². The van der Waals surface area contributed by atoms with Gasteiger partial charge in [0.25, 0.3) is 17.6 Å². The molecule has 2 aliphatic rings. The van der Waals surface area contributed by atoms with Crippen molar-refractivity contribution < 1.29 is 33.4 Å². The number of para-hydroxylation sites is 1. The summed E-state index contributed by atoms with van der Waals surface area (Å²) in [5.74, 6) is -1.74. The molecule has 0 bridgehead atoms. The molecular weight excluding hydrogens is 392 g/mol. The first-order valence-electron chi connectivity index (χ1n) is 9.29. The van der Waals surface area contributed by atoms with Crippen LogP contribution in [0.2, 0.25) is 0 Å². The van der Waals surface area contributed by atoms with Crippen LogP contribution >= 0.6 is 0 Å². The maximum atomic E-state index is 12.4. The second-order valence-corrected chi connectivity index (χ2v) is 6.72. The van der Waals surface area contributed by atoms with Crippen molar-refractivity contribution >= 4 is 34.9 Å². The van der Waals surface area contributed by atoms with Crippen molar-refractivity contribution in [2.24, 2.45) is 0 Å². The number of fused-ring (bicyclic) bond motifs is 2. The fourth-order valence-electron chi connectivity index (χ4n) is 3.19. The third-order valence-electron chi connectivity index (χ3n) is 4.65. The lowest BCUT2D eigenvalue weighted by Gasteiger charge is -2.20. The maximum Gasteiger partial charge on any atom is 0.326 e. The van der Waals surface area contributed by atoms with Crippen molar-refractivity contribution in [2.45, 2.75) is 13.0 Å². The van der Waals surface area contributed by atoms with Gasteiger partial charge in [-0.2, -0.15) is 0 Å². The summed E-state index contributed by atoms with van der Waals surface area (Å²) in [5, 5.41) is 2.64. The van der Waals surface area contributed by atoms with Crippen LogP contribution in [0.15, 0.2) is 42.5 Å². The number of benzene rings is 2. The Labute approximate surface area is 171 Å². The van der Waals surface area contributed by atoms with Gasteiger partial charge in [0.05, 0.1) is 11.3 Å². The van der Waals surface area contributed by atoms with Gasteiger partial charge in [-0.1, -0.05) is 12.1 Å². The van der Waals surface area contributed by atoms with E-state index in [1.807, 2.05) is 0 Å². The number of anilines is 2. The largest absolute Gasteiger partial charge is 0.486 e. The Balaban J connectivity index is 1.36. The number of hydrogen-bond donors (Lipinski definition) is 1. The standard InChI is InChI=1S/C21H18N2O7/c1-12(20(26)22-13-6-7-16-17(10-13)29-9-8-28-16)30-18(24)11-23-15-5-3-2-4-14(15)19(25)21(23)27/h2-7,10,12H,8-9,11H2,1H3,(H,22,26)/t12-/m0/s1. The Kier molecular flexibility index (Phi) is 5.09. The number of hydrogen-bond acceptors (Lipinski definition) is 7. The van der Waals surface area contributed by atoms with Crippen LogP contribution in [-0.4, -0.2) is 49.4 Å². The highest BCUT2D eigenvalue weighted by Gasteiger charge is 2.37. The molecule has 2 amide bonds. The summed E-state index contributed by atoms with van der Waals surface area (Å²) in [4.78, 5) is 49.8. The van der Waals surface area contributed by atoms with Gasteiger partial charge < -0.3 is 19.5 Å². The number of ketones is 1. The third-order valence-corrected chi connectivity index (χ3v) is 4.65. The lowest BCUT2D eigenvalue weighted by atomic mass is 10.1. The summed E-state index contributed by atoms with van der Waals surface area (Å²) in [6, 6.07) is 11.3. The van der Waals surface area contributed by atoms with E-state index >= 15 is 0 Å². The molecule has 0 aliphatic carbocycles. The zero-order valence-electron chi connectivity index (χ0n) is 16.0. The maximum absolute atomic E-state index is 12.4. The van der Waals surface area contributed by atoms with Crippen LogP contribution in [0.25, 0.3) is 0 Å². The van der Waals surface area contributed by atoms with E-state index in [0.717, 1.165) is 4.90 Å². The van der Waals surface area contributed by atoms with E-state index in [1.165, 1.54) is 13.0 Å². The van der Waals surface area contributed by atoms with Crippen molar-refractivity contribution in [3.05, 3.63) is 48.0 Å². The van der Waals surface area contributed by atoms with Gasteiger partial charge in [0, 0.05) is 11.8 Å². The molecule has 4 rings (SSSR count). The molecule has 0 saturated carbocycles. The van der Waals surface area contributed by atoms with Crippen molar-refractivity contribution in [2.75, 3.05) is 30.0 Å². The zero-order valence-corrected chi connectivity index (χ0v) is 16.0. The lowest BCUT2D eigenvalue weighted by molar-refractivity contribution is -0.152. The minimum Gasteiger partial charge on any atom is -0.486 e. The molecule has 9 nitrogen and oxygen atoms in total. The topological polar surface area (TPSA) is 111 Å². The third kappa shape index (κ3) is 3.69. The van der Waals surface area contributed by atoms with E-state index in [-0.39, 0.29) is 5.56 Å². The number of ether oxygens (including phenoxy) is 3. The zero-order chi connectivity index (χ0) is 21.3. The molecule has 9 heteroatoms. The molecule has 2 aromatic rings. The van der Waals surface area contributed by atoms with E-state index in [2.05, 4.69) is 5.32 Å². The highest BCUT2D eigenvalue weighted by atomic mass is 16.6. The van der Waals surface area contributed by atoms with Gasteiger partial charge in [-0.3, -0.25) is 24.1 Å². The molecule has 2 heterocycles. The quantitative estimate of drug-likeness (QED) is 0.588. The molecule has 1 N–H and O–H groups in total. The normalized spacial score (nSPS) is 15.4. The van der Waals surface area contributed by atoms with Crippen LogP contribution in [0.3, 0.4) is 0 Å². The molecule has 0 spiro atoms. The molecular formula is C21H18N2O7. The first kappa shape index (κ1) is 19.4. The van der Waals surface area contributed by atoms with Crippen LogP contribution in [-0.2, 0) is 19.1 Å². The van der Waals surface area contributed by atoms with E-state index in [0.29, 0.717) is 36.1 Å². The number of carbonyl (C=O) groups is 4. The summed E-state index contributed by atoms with van der Waals surface area (Å²) in [6.45, 7) is 1.82. The second-order valence-electron chi connectivity index (χ2n) is 6.72. The Morgan fingerprint density at radius 3 is 2.63 bits per heavy atom. The van der Waals surface area contributed by atoms with Crippen LogP contribution < -0.4 is 19.7 Å². The lowest BCUT2D eigenvalue weighted by Crippen LogP contribution is -2.38. The molecule has 0 fully saturated rings. The minimum atomic E-state index is -1.12. The SMILES string of the molecule is C[C@H](OC(=O)CN1C(=O)C(=O)c2ccccc21)C(=O)Nc1ccc2c(c1)OCCO2. The number of esters is 1. The number of carbonyl (C=O) groups excluding carboxylic acids is 4. The van der Waals surface area contributed by atoms with Crippen LogP contribution in [0, 0.1) is 0 Å². The van der Waals surface area contributed by atoms with Crippen LogP contribution in [0.4, 0.5) is 11.4 Å². The highest BCUT2D eigenvalue weighted by molar-refractivity contribution is 6.52. The van der Waals surface area contributed by atoms with Gasteiger partial charge in [0.2, 0.25) is 0 Å². The van der Waals surface area contributed by atoms with Gasteiger partial charge >= 0.3 is 5.97 Å². The average Bonchev–Trinajstić information content (AvgIpc) is 2.98. The highest BCUT2D eigenvalue weighted by Crippen LogP contribution is 2.32. The summed E-state index contributed by atoms with van der Waals surface area (Å²) in [5.41, 5.74) is 1.04. The Bertz CT molecular complexity index is 1050. The monoisotopic (exact) mass is 410 g/mol. The number of amides is 2.